The highest BCUT2D eigenvalue weighted by atomic mass is 16.5. The predicted octanol–water partition coefficient (Wildman–Crippen LogP) is 3.97. The highest BCUT2D eigenvalue weighted by Crippen LogP contribution is 2.31. The Labute approximate surface area is 208 Å². The van der Waals surface area contributed by atoms with Crippen LogP contribution in [0.25, 0.3) is 27.7 Å². The van der Waals surface area contributed by atoms with Crippen molar-refractivity contribution in [3.63, 3.8) is 0 Å². The van der Waals surface area contributed by atoms with E-state index in [0.29, 0.717) is 23.6 Å². The van der Waals surface area contributed by atoms with Crippen LogP contribution in [0.4, 0.5) is 5.82 Å². The summed E-state index contributed by atoms with van der Waals surface area (Å²) >= 11 is 0. The summed E-state index contributed by atoms with van der Waals surface area (Å²) in [6.45, 7) is 3.59. The topological polar surface area (TPSA) is 122 Å². The van der Waals surface area contributed by atoms with Gasteiger partial charge in [0.05, 0.1) is 7.11 Å². The van der Waals surface area contributed by atoms with E-state index in [2.05, 4.69) is 10.6 Å². The van der Waals surface area contributed by atoms with Gasteiger partial charge in [0.15, 0.2) is 0 Å². The minimum atomic E-state index is -1.08. The molecule has 9 heteroatoms. The summed E-state index contributed by atoms with van der Waals surface area (Å²) in [5.41, 5.74) is 2.18. The van der Waals surface area contributed by atoms with Gasteiger partial charge in [-0.3, -0.25) is 14.0 Å². The van der Waals surface area contributed by atoms with E-state index in [1.165, 1.54) is 7.11 Å². The van der Waals surface area contributed by atoms with Crippen molar-refractivity contribution in [3.8, 4) is 11.3 Å². The first-order valence-electron chi connectivity index (χ1n) is 11.7. The minimum Gasteiger partial charge on any atom is -0.480 e. The van der Waals surface area contributed by atoms with Gasteiger partial charge in [0.1, 0.15) is 29.7 Å². The number of imidazole rings is 1. The number of aromatic nitrogens is 2. The van der Waals surface area contributed by atoms with Crippen LogP contribution < -0.4 is 10.6 Å². The maximum absolute atomic E-state index is 12.9. The molecule has 2 heterocycles. The third kappa shape index (κ3) is 5.00. The van der Waals surface area contributed by atoms with Gasteiger partial charge in [0, 0.05) is 17.3 Å². The molecular weight excluding hydrogens is 460 g/mol. The van der Waals surface area contributed by atoms with E-state index >= 15 is 0 Å². The van der Waals surface area contributed by atoms with Crippen LogP contribution in [0.5, 0.6) is 0 Å². The average Bonchev–Trinajstić information content (AvgIpc) is 3.26. The van der Waals surface area contributed by atoms with Crippen LogP contribution in [-0.4, -0.2) is 52.0 Å². The second-order valence-corrected chi connectivity index (χ2v) is 8.62. The van der Waals surface area contributed by atoms with Gasteiger partial charge in [0.25, 0.3) is 5.91 Å². The summed E-state index contributed by atoms with van der Waals surface area (Å²) in [6, 6.07) is 16.1. The lowest BCUT2D eigenvalue weighted by molar-refractivity contribution is -0.140. The summed E-state index contributed by atoms with van der Waals surface area (Å²) in [5, 5.41) is 17.4. The first kappa shape index (κ1) is 24.7. The number of hydrogen-bond acceptors (Lipinski definition) is 6. The number of anilines is 1. The molecule has 0 spiro atoms. The molecule has 0 radical (unpaired) electrons. The molecule has 2 aromatic carbocycles. The smallest absolute Gasteiger partial charge is 0.326 e. The Kier molecular flexibility index (Phi) is 7.19. The molecule has 1 amide bonds. The first-order chi connectivity index (χ1) is 17.3. The second-order valence-electron chi connectivity index (χ2n) is 8.62. The van der Waals surface area contributed by atoms with E-state index < -0.39 is 23.9 Å². The van der Waals surface area contributed by atoms with Crippen LogP contribution >= 0.6 is 0 Å². The Balaban J connectivity index is 1.75. The molecular formula is C27H28N4O5. The van der Waals surface area contributed by atoms with Crippen molar-refractivity contribution in [2.24, 2.45) is 5.92 Å². The number of rotatable bonds is 9. The molecule has 4 aromatic rings. The molecule has 0 aliphatic rings. The van der Waals surface area contributed by atoms with E-state index in [1.54, 1.807) is 29.7 Å². The second kappa shape index (κ2) is 10.5. The number of carbonyl (C=O) groups excluding carboxylic acids is 2. The fourth-order valence-corrected chi connectivity index (χ4v) is 4.03. The lowest BCUT2D eigenvalue weighted by Gasteiger charge is -2.20. The van der Waals surface area contributed by atoms with Crippen LogP contribution in [0.15, 0.2) is 60.8 Å². The Bertz CT molecular complexity index is 1440. The summed E-state index contributed by atoms with van der Waals surface area (Å²) in [4.78, 5) is 41.1. The van der Waals surface area contributed by atoms with E-state index in [-0.39, 0.29) is 18.0 Å². The van der Waals surface area contributed by atoms with Crippen LogP contribution in [-0.2, 0) is 14.3 Å². The number of ether oxygens (including phenoxy) is 1. The highest BCUT2D eigenvalue weighted by Gasteiger charge is 2.26. The summed E-state index contributed by atoms with van der Waals surface area (Å²) < 4.78 is 6.51. The number of esters is 1. The number of aliphatic carboxylic acids is 1. The largest absolute Gasteiger partial charge is 0.480 e. The van der Waals surface area contributed by atoms with Gasteiger partial charge in [-0.2, -0.15) is 0 Å². The van der Waals surface area contributed by atoms with Gasteiger partial charge in [0.2, 0.25) is 0 Å². The van der Waals surface area contributed by atoms with Gasteiger partial charge in [-0.05, 0) is 34.9 Å². The summed E-state index contributed by atoms with van der Waals surface area (Å²) in [7, 11) is 1.32. The van der Waals surface area contributed by atoms with Crippen molar-refractivity contribution in [1.82, 2.24) is 14.7 Å². The fourth-order valence-electron chi connectivity index (χ4n) is 4.03. The zero-order valence-corrected chi connectivity index (χ0v) is 20.3. The molecule has 186 valence electrons. The molecule has 3 N–H and O–H groups in total. The number of hydrogen-bond donors (Lipinski definition) is 3. The first-order valence-corrected chi connectivity index (χ1v) is 11.7. The lowest BCUT2D eigenvalue weighted by atomic mass is 9.99. The van der Waals surface area contributed by atoms with E-state index in [9.17, 15) is 19.5 Å². The zero-order valence-electron chi connectivity index (χ0n) is 20.3. The summed E-state index contributed by atoms with van der Waals surface area (Å²) in [5.74, 6) is -1.66. The van der Waals surface area contributed by atoms with E-state index in [1.807, 2.05) is 49.4 Å². The maximum Gasteiger partial charge on any atom is 0.326 e. The SMILES string of the molecule is CCC(C)C(NC(=O)c1ccn2c(NCC(=O)OC)c(-c3ccc4ccccc4c3)nc2c1)C(=O)O. The number of carboxylic acids is 1. The third-order valence-electron chi connectivity index (χ3n) is 6.30. The number of pyridine rings is 1. The Morgan fingerprint density at radius 2 is 1.83 bits per heavy atom. The molecule has 0 fully saturated rings. The number of carboxylic acid groups (broad SMARTS) is 1. The Morgan fingerprint density at radius 1 is 1.08 bits per heavy atom. The number of nitrogens with one attached hydrogen (secondary N) is 2. The number of nitrogens with zero attached hydrogens (tertiary/aromatic N) is 2. The number of fused-ring (bicyclic) bond motifs is 2. The van der Waals surface area contributed by atoms with Crippen molar-refractivity contribution in [2.45, 2.75) is 26.3 Å². The molecule has 2 atom stereocenters. The number of amides is 1. The van der Waals surface area contributed by atoms with E-state index in [4.69, 9.17) is 9.72 Å². The van der Waals surface area contributed by atoms with Crippen molar-refractivity contribution in [2.75, 3.05) is 19.0 Å². The quantitative estimate of drug-likeness (QED) is 0.305. The van der Waals surface area contributed by atoms with Crippen molar-refractivity contribution < 1.29 is 24.2 Å². The molecule has 4 rings (SSSR count). The van der Waals surface area contributed by atoms with Gasteiger partial charge in [-0.1, -0.05) is 56.7 Å². The standard InChI is InChI=1S/C27H28N4O5/c1-4-16(2)23(27(34)35)30-26(33)20-11-12-31-21(14-20)29-24(25(31)28-15-22(32)36-3)19-10-9-17-7-5-6-8-18(17)13-19/h5-14,16,23,28H,4,15H2,1-3H3,(H,30,33)(H,34,35). The molecule has 2 unspecified atom stereocenters. The van der Waals surface area contributed by atoms with Gasteiger partial charge >= 0.3 is 11.9 Å². The minimum absolute atomic E-state index is 0.0672. The number of carbonyl (C=O) groups is 3. The van der Waals surface area contributed by atoms with E-state index in [0.717, 1.165) is 16.3 Å². The van der Waals surface area contributed by atoms with Gasteiger partial charge in [-0.25, -0.2) is 9.78 Å². The van der Waals surface area contributed by atoms with Crippen LogP contribution in [0, 0.1) is 5.92 Å². The summed E-state index contributed by atoms with van der Waals surface area (Å²) in [6.07, 6.45) is 2.28. The monoisotopic (exact) mass is 488 g/mol. The molecule has 36 heavy (non-hydrogen) atoms. The molecule has 0 aliphatic carbocycles. The van der Waals surface area contributed by atoms with Gasteiger partial charge in [-0.15, -0.1) is 0 Å². The highest BCUT2D eigenvalue weighted by molar-refractivity contribution is 5.98. The number of benzene rings is 2. The Hall–Kier alpha value is -4.40. The van der Waals surface area contributed by atoms with Crippen molar-refractivity contribution >= 4 is 40.1 Å². The van der Waals surface area contributed by atoms with Crippen LogP contribution in [0.3, 0.4) is 0 Å². The zero-order chi connectivity index (χ0) is 25.8. The van der Waals surface area contributed by atoms with Crippen LogP contribution in [0.2, 0.25) is 0 Å². The molecule has 0 saturated carbocycles. The normalized spacial score (nSPS) is 12.8. The van der Waals surface area contributed by atoms with Crippen molar-refractivity contribution in [3.05, 3.63) is 66.4 Å². The third-order valence-corrected chi connectivity index (χ3v) is 6.30. The van der Waals surface area contributed by atoms with Crippen molar-refractivity contribution in [1.29, 1.82) is 0 Å². The molecule has 0 bridgehead atoms. The lowest BCUT2D eigenvalue weighted by Crippen LogP contribution is -2.45. The molecule has 0 saturated heterocycles. The molecule has 0 aliphatic heterocycles. The molecule has 2 aromatic heterocycles. The van der Waals surface area contributed by atoms with Crippen LogP contribution in [0.1, 0.15) is 30.6 Å². The van der Waals surface area contributed by atoms with Gasteiger partial charge < -0.3 is 20.5 Å². The molecule has 9 nitrogen and oxygen atoms in total. The average molecular weight is 489 g/mol. The maximum atomic E-state index is 12.9. The fraction of sp³-hybridized carbons (Fsp3) is 0.259. The number of methoxy groups -OCH3 is 1. The Morgan fingerprint density at radius 3 is 2.53 bits per heavy atom. The predicted molar refractivity (Wildman–Crippen MR) is 137 cm³/mol.